The van der Waals surface area contributed by atoms with Gasteiger partial charge < -0.3 is 4.57 Å². The van der Waals surface area contributed by atoms with Crippen LogP contribution in [0.3, 0.4) is 0 Å². The minimum Gasteiger partial charge on any atom is -0.350 e. The summed E-state index contributed by atoms with van der Waals surface area (Å²) in [5.41, 5.74) is 5.56. The lowest BCUT2D eigenvalue weighted by molar-refractivity contribution is 0.857. The van der Waals surface area contributed by atoms with Gasteiger partial charge in [-0.05, 0) is 42.5 Å². The third-order valence-corrected chi connectivity index (χ3v) is 3.08. The lowest BCUT2D eigenvalue weighted by Gasteiger charge is -2.06. The van der Waals surface area contributed by atoms with Crippen LogP contribution in [0.2, 0.25) is 0 Å². The fourth-order valence-corrected chi connectivity index (χ4v) is 2.38. The summed E-state index contributed by atoms with van der Waals surface area (Å²) in [6.45, 7) is 8.89. The van der Waals surface area contributed by atoms with Crippen molar-refractivity contribution in [2.24, 2.45) is 7.05 Å². The van der Waals surface area contributed by atoms with Gasteiger partial charge in [0.25, 0.3) is 0 Å². The van der Waals surface area contributed by atoms with Crippen molar-refractivity contribution in [3.63, 3.8) is 0 Å². The second-order valence-corrected chi connectivity index (χ2v) is 4.83. The highest BCUT2D eigenvalue weighted by molar-refractivity contribution is 5.88. The van der Waals surface area contributed by atoms with Crippen LogP contribution in [-0.4, -0.2) is 4.57 Å². The van der Waals surface area contributed by atoms with Gasteiger partial charge in [0.1, 0.15) is 0 Å². The maximum Gasteiger partial charge on any atom is 0.0485 e. The highest BCUT2D eigenvalue weighted by atomic mass is 14.9. The van der Waals surface area contributed by atoms with E-state index in [2.05, 4.69) is 57.6 Å². The Balaban J connectivity index is 2.87. The average Bonchev–Trinajstić information content (AvgIpc) is 2.44. The van der Waals surface area contributed by atoms with Crippen LogP contribution in [0.4, 0.5) is 0 Å². The molecule has 1 heterocycles. The fraction of sp³-hybridized carbons (Fsp3) is 0.429. The van der Waals surface area contributed by atoms with Crippen LogP contribution in [0, 0.1) is 13.8 Å². The van der Waals surface area contributed by atoms with E-state index in [1.807, 2.05) is 0 Å². The fourth-order valence-electron chi connectivity index (χ4n) is 2.38. The molecule has 0 spiro atoms. The van der Waals surface area contributed by atoms with Gasteiger partial charge in [-0.2, -0.15) is 0 Å². The predicted molar refractivity (Wildman–Crippen MR) is 66.5 cm³/mol. The first-order chi connectivity index (χ1) is 7.00. The Morgan fingerprint density at radius 1 is 1.13 bits per heavy atom. The van der Waals surface area contributed by atoms with Crippen molar-refractivity contribution in [1.82, 2.24) is 4.57 Å². The lowest BCUT2D eigenvalue weighted by Crippen LogP contribution is -1.87. The molecule has 2 rings (SSSR count). The molecule has 0 radical (unpaired) electrons. The van der Waals surface area contributed by atoms with Crippen LogP contribution in [0.5, 0.6) is 0 Å². The van der Waals surface area contributed by atoms with E-state index in [9.17, 15) is 0 Å². The zero-order valence-electron chi connectivity index (χ0n) is 10.3. The smallest absolute Gasteiger partial charge is 0.0485 e. The molecule has 1 aromatic carbocycles. The van der Waals surface area contributed by atoms with E-state index in [1.165, 1.54) is 27.6 Å². The van der Waals surface area contributed by atoms with E-state index >= 15 is 0 Å². The highest BCUT2D eigenvalue weighted by Crippen LogP contribution is 2.30. The summed E-state index contributed by atoms with van der Waals surface area (Å²) >= 11 is 0. The number of nitrogens with zero attached hydrogens (tertiary/aromatic N) is 1. The zero-order chi connectivity index (χ0) is 11.2. The summed E-state index contributed by atoms with van der Waals surface area (Å²) in [6.07, 6.45) is 2.27. The first-order valence-corrected chi connectivity index (χ1v) is 5.57. The molecule has 0 unspecified atom stereocenters. The SMILES string of the molecule is Cc1cc(C)c2c(C(C)C)cn(C)c2c1. The minimum atomic E-state index is 0.593. The Morgan fingerprint density at radius 2 is 1.80 bits per heavy atom. The zero-order valence-corrected chi connectivity index (χ0v) is 10.3. The quantitative estimate of drug-likeness (QED) is 0.659. The molecule has 0 aliphatic heterocycles. The number of benzene rings is 1. The van der Waals surface area contributed by atoms with Gasteiger partial charge in [-0.1, -0.05) is 19.9 Å². The van der Waals surface area contributed by atoms with E-state index in [4.69, 9.17) is 0 Å². The van der Waals surface area contributed by atoms with Gasteiger partial charge in [0, 0.05) is 24.1 Å². The molecular weight excluding hydrogens is 182 g/mol. The van der Waals surface area contributed by atoms with Gasteiger partial charge in [0.15, 0.2) is 0 Å². The molecule has 80 valence electrons. The molecule has 0 fully saturated rings. The first-order valence-electron chi connectivity index (χ1n) is 5.57. The molecule has 15 heavy (non-hydrogen) atoms. The number of hydrogen-bond donors (Lipinski definition) is 0. The lowest BCUT2D eigenvalue weighted by atomic mass is 9.98. The molecule has 0 amide bonds. The average molecular weight is 201 g/mol. The van der Waals surface area contributed by atoms with Crippen LogP contribution < -0.4 is 0 Å². The third-order valence-electron chi connectivity index (χ3n) is 3.08. The van der Waals surface area contributed by atoms with Gasteiger partial charge >= 0.3 is 0 Å². The van der Waals surface area contributed by atoms with Crippen LogP contribution >= 0.6 is 0 Å². The summed E-state index contributed by atoms with van der Waals surface area (Å²) in [5.74, 6) is 0.593. The van der Waals surface area contributed by atoms with Crippen molar-refractivity contribution >= 4 is 10.9 Å². The van der Waals surface area contributed by atoms with Crippen molar-refractivity contribution < 1.29 is 0 Å². The highest BCUT2D eigenvalue weighted by Gasteiger charge is 2.11. The van der Waals surface area contributed by atoms with E-state index in [1.54, 1.807) is 0 Å². The molecule has 1 heteroatoms. The van der Waals surface area contributed by atoms with Crippen molar-refractivity contribution in [1.29, 1.82) is 0 Å². The van der Waals surface area contributed by atoms with E-state index in [0.717, 1.165) is 0 Å². The van der Waals surface area contributed by atoms with Gasteiger partial charge in [0.05, 0.1) is 0 Å². The van der Waals surface area contributed by atoms with Gasteiger partial charge in [-0.15, -0.1) is 0 Å². The van der Waals surface area contributed by atoms with E-state index in [0.29, 0.717) is 5.92 Å². The second kappa shape index (κ2) is 3.41. The van der Waals surface area contributed by atoms with Gasteiger partial charge in [-0.25, -0.2) is 0 Å². The van der Waals surface area contributed by atoms with Crippen molar-refractivity contribution in [2.75, 3.05) is 0 Å². The largest absolute Gasteiger partial charge is 0.350 e. The van der Waals surface area contributed by atoms with Crippen LogP contribution in [0.15, 0.2) is 18.3 Å². The summed E-state index contributed by atoms with van der Waals surface area (Å²) in [6, 6.07) is 4.54. The molecule has 0 aliphatic carbocycles. The van der Waals surface area contributed by atoms with E-state index < -0.39 is 0 Å². The van der Waals surface area contributed by atoms with Crippen LogP contribution in [0.1, 0.15) is 36.5 Å². The number of aryl methyl sites for hydroxylation is 3. The minimum absolute atomic E-state index is 0.593. The first kappa shape index (κ1) is 10.3. The van der Waals surface area contributed by atoms with Crippen LogP contribution in [0.25, 0.3) is 10.9 Å². The number of aromatic nitrogens is 1. The Kier molecular flexibility index (Phi) is 2.34. The molecule has 0 aliphatic rings. The summed E-state index contributed by atoms with van der Waals surface area (Å²) in [7, 11) is 2.13. The van der Waals surface area contributed by atoms with Crippen molar-refractivity contribution in [3.05, 3.63) is 35.0 Å². The molecule has 0 bridgehead atoms. The third kappa shape index (κ3) is 1.56. The summed E-state index contributed by atoms with van der Waals surface area (Å²) in [5, 5.41) is 1.44. The second-order valence-electron chi connectivity index (χ2n) is 4.83. The molecule has 2 aromatic rings. The molecule has 0 N–H and O–H groups in total. The maximum absolute atomic E-state index is 2.27. The van der Waals surface area contributed by atoms with Crippen molar-refractivity contribution in [2.45, 2.75) is 33.6 Å². The summed E-state index contributed by atoms with van der Waals surface area (Å²) < 4.78 is 2.24. The maximum atomic E-state index is 2.27. The Bertz CT molecular complexity index is 504. The monoisotopic (exact) mass is 201 g/mol. The van der Waals surface area contributed by atoms with E-state index in [-0.39, 0.29) is 0 Å². The topological polar surface area (TPSA) is 4.93 Å². The normalized spacial score (nSPS) is 11.6. The molecule has 1 aromatic heterocycles. The Morgan fingerprint density at radius 3 is 2.40 bits per heavy atom. The Hall–Kier alpha value is -1.24. The number of hydrogen-bond acceptors (Lipinski definition) is 0. The molecule has 0 saturated carbocycles. The predicted octanol–water partition coefficient (Wildman–Crippen LogP) is 3.92. The molecule has 0 atom stereocenters. The Labute approximate surface area is 91.7 Å². The van der Waals surface area contributed by atoms with Gasteiger partial charge in [-0.3, -0.25) is 0 Å². The van der Waals surface area contributed by atoms with Gasteiger partial charge in [0.2, 0.25) is 0 Å². The molecular formula is C14H19N. The standard InChI is InChI=1S/C14H19N/c1-9(2)12-8-15(5)13-7-10(3)6-11(4)14(12)13/h6-9H,1-5H3. The molecule has 1 nitrogen and oxygen atoms in total. The molecule has 0 saturated heterocycles. The van der Waals surface area contributed by atoms with Crippen molar-refractivity contribution in [3.8, 4) is 0 Å². The number of fused-ring (bicyclic) bond motifs is 1. The van der Waals surface area contributed by atoms with Crippen LogP contribution in [-0.2, 0) is 7.05 Å². The summed E-state index contributed by atoms with van der Waals surface area (Å²) in [4.78, 5) is 0. The number of rotatable bonds is 1.